The minimum atomic E-state index is -0.647. The van der Waals surface area contributed by atoms with E-state index in [1.165, 1.54) is 12.1 Å². The normalized spacial score (nSPS) is 24.4. The molecule has 2 unspecified atom stereocenters. The van der Waals surface area contributed by atoms with Crippen molar-refractivity contribution < 1.29 is 18.6 Å². The van der Waals surface area contributed by atoms with Gasteiger partial charge in [-0.2, -0.15) is 9.97 Å². The van der Waals surface area contributed by atoms with Gasteiger partial charge in [0.1, 0.15) is 35.2 Å². The number of pyridine rings is 1. The Hall–Kier alpha value is -3.44. The number of phenols is 1. The Kier molecular flexibility index (Phi) is 7.39. The third-order valence-electron chi connectivity index (χ3n) is 11.0. The van der Waals surface area contributed by atoms with Crippen LogP contribution in [0.3, 0.4) is 0 Å². The number of fused-ring (bicyclic) bond motifs is 3. The van der Waals surface area contributed by atoms with Gasteiger partial charge in [0, 0.05) is 36.4 Å². The summed E-state index contributed by atoms with van der Waals surface area (Å²) in [5.41, 5.74) is 0.929. The molecule has 4 aromatic rings. The molecule has 8 nitrogen and oxygen atoms in total. The van der Waals surface area contributed by atoms with Gasteiger partial charge in [-0.1, -0.05) is 13.0 Å². The lowest BCUT2D eigenvalue weighted by Gasteiger charge is -2.41. The second-order valence-corrected chi connectivity index (χ2v) is 15.5. The van der Waals surface area contributed by atoms with Gasteiger partial charge in [-0.3, -0.25) is 14.7 Å². The Morgan fingerprint density at radius 1 is 1.04 bits per heavy atom. The van der Waals surface area contributed by atoms with E-state index in [-0.39, 0.29) is 50.4 Å². The Balaban J connectivity index is 1.27. The van der Waals surface area contributed by atoms with Crippen LogP contribution in [0.15, 0.2) is 30.5 Å². The number of hydrogen-bond donors (Lipinski definition) is 2. The lowest BCUT2D eigenvalue weighted by molar-refractivity contribution is 0.108. The number of halogens is 2. The number of piperidine rings is 1. The van der Waals surface area contributed by atoms with Crippen molar-refractivity contribution in [3.8, 4) is 23.0 Å². The lowest BCUT2D eigenvalue weighted by atomic mass is 9.79. The van der Waals surface area contributed by atoms with Gasteiger partial charge in [-0.25, -0.2) is 8.78 Å². The van der Waals surface area contributed by atoms with Crippen LogP contribution in [0.1, 0.15) is 57.4 Å². The number of benzene rings is 2. The minimum Gasteiger partial charge on any atom is -0.508 e. The van der Waals surface area contributed by atoms with E-state index >= 15 is 8.78 Å². The standard InChI is InChI=1S/C35H40F2N6O2S/c1-2-24-27(36)7-6-22-16-23(44)17-25(28(22)24)30-29(37)31-26(18-39-30)32(42-12-3-8-34(19-42)11-15-46(38)21-34)41-33(40-31)45-20-35-9-4-13-43(35)14-5-10-35/h6-7,16-18,38,44H,2-5,8-15,19-21H2,1H3. The van der Waals surface area contributed by atoms with E-state index in [9.17, 15) is 5.11 Å². The highest BCUT2D eigenvalue weighted by atomic mass is 32.2. The van der Waals surface area contributed by atoms with Gasteiger partial charge < -0.3 is 14.7 Å². The van der Waals surface area contributed by atoms with Crippen LogP contribution in [0.25, 0.3) is 32.9 Å². The van der Waals surface area contributed by atoms with Crippen LogP contribution in [0.4, 0.5) is 14.6 Å². The first-order valence-electron chi connectivity index (χ1n) is 16.6. The molecule has 0 bridgehead atoms. The number of anilines is 1. The highest BCUT2D eigenvalue weighted by Crippen LogP contribution is 2.44. The monoisotopic (exact) mass is 646 g/mol. The maximum Gasteiger partial charge on any atom is 0.319 e. The highest BCUT2D eigenvalue weighted by molar-refractivity contribution is 7.86. The molecule has 242 valence electrons. The first kappa shape index (κ1) is 29.9. The average molecular weight is 647 g/mol. The van der Waals surface area contributed by atoms with E-state index in [1.54, 1.807) is 18.3 Å². The van der Waals surface area contributed by atoms with Crippen molar-refractivity contribution >= 4 is 38.2 Å². The summed E-state index contributed by atoms with van der Waals surface area (Å²) in [7, 11) is -0.325. The summed E-state index contributed by atoms with van der Waals surface area (Å²) in [4.78, 5) is 19.0. The molecule has 2 atom stereocenters. The van der Waals surface area contributed by atoms with E-state index in [4.69, 9.17) is 19.5 Å². The molecule has 2 aromatic heterocycles. The molecule has 4 fully saturated rings. The van der Waals surface area contributed by atoms with E-state index in [1.807, 2.05) is 6.92 Å². The molecule has 1 spiro atoms. The van der Waals surface area contributed by atoms with Crippen LogP contribution in [0.2, 0.25) is 0 Å². The Labute approximate surface area is 270 Å². The fourth-order valence-electron chi connectivity index (χ4n) is 8.77. The number of aromatic hydroxyl groups is 1. The number of aromatic nitrogens is 3. The molecule has 2 aromatic carbocycles. The quantitative estimate of drug-likeness (QED) is 0.239. The Morgan fingerprint density at radius 3 is 2.61 bits per heavy atom. The van der Waals surface area contributed by atoms with E-state index in [0.717, 1.165) is 82.6 Å². The predicted octanol–water partition coefficient (Wildman–Crippen LogP) is 6.77. The summed E-state index contributed by atoms with van der Waals surface area (Å²) in [6.45, 7) is 6.00. The fourth-order valence-corrected chi connectivity index (χ4v) is 10.7. The van der Waals surface area contributed by atoms with Gasteiger partial charge in [0.2, 0.25) is 0 Å². The van der Waals surface area contributed by atoms with Crippen molar-refractivity contribution in [2.75, 3.05) is 49.2 Å². The summed E-state index contributed by atoms with van der Waals surface area (Å²) in [5.74, 6) is 1.37. The lowest BCUT2D eigenvalue weighted by Crippen LogP contribution is -2.44. The number of aryl methyl sites for hydroxylation is 1. The van der Waals surface area contributed by atoms with Crippen molar-refractivity contribution in [2.45, 2.75) is 63.8 Å². The van der Waals surface area contributed by atoms with Crippen molar-refractivity contribution in [3.63, 3.8) is 0 Å². The van der Waals surface area contributed by atoms with Crippen molar-refractivity contribution in [2.24, 2.45) is 5.41 Å². The third-order valence-corrected chi connectivity index (χ3v) is 12.7. The highest BCUT2D eigenvalue weighted by Gasteiger charge is 2.45. The summed E-state index contributed by atoms with van der Waals surface area (Å²) < 4.78 is 46.8. The number of hydrogen-bond acceptors (Lipinski definition) is 8. The van der Waals surface area contributed by atoms with Crippen LogP contribution >= 0.6 is 0 Å². The van der Waals surface area contributed by atoms with E-state index in [0.29, 0.717) is 46.1 Å². The first-order chi connectivity index (χ1) is 22.3. The zero-order valence-corrected chi connectivity index (χ0v) is 27.1. The molecular weight excluding hydrogens is 606 g/mol. The average Bonchev–Trinajstić information content (AvgIpc) is 3.74. The largest absolute Gasteiger partial charge is 0.508 e. The molecule has 4 saturated heterocycles. The number of nitrogens with one attached hydrogen (secondary N) is 1. The van der Waals surface area contributed by atoms with Gasteiger partial charge in [0.15, 0.2) is 5.82 Å². The summed E-state index contributed by atoms with van der Waals surface area (Å²) >= 11 is 0. The van der Waals surface area contributed by atoms with Crippen molar-refractivity contribution in [3.05, 3.63) is 47.7 Å². The van der Waals surface area contributed by atoms with Crippen LogP contribution < -0.4 is 9.64 Å². The molecule has 0 saturated carbocycles. The van der Waals surface area contributed by atoms with Gasteiger partial charge in [-0.15, -0.1) is 10.7 Å². The molecule has 46 heavy (non-hydrogen) atoms. The fraction of sp³-hybridized carbons (Fsp3) is 0.514. The summed E-state index contributed by atoms with van der Waals surface area (Å²) in [6.07, 6.45) is 9.53. The first-order valence-corrected chi connectivity index (χ1v) is 18.2. The Morgan fingerprint density at radius 2 is 1.85 bits per heavy atom. The molecule has 6 heterocycles. The maximum atomic E-state index is 16.9. The Bertz CT molecular complexity index is 1880. The van der Waals surface area contributed by atoms with Crippen LogP contribution in [0, 0.1) is 21.8 Å². The molecule has 8 rings (SSSR count). The zero-order valence-electron chi connectivity index (χ0n) is 26.2. The van der Waals surface area contributed by atoms with Crippen molar-refractivity contribution in [1.82, 2.24) is 19.9 Å². The summed E-state index contributed by atoms with van der Waals surface area (Å²) in [6, 6.07) is 6.15. The molecule has 0 aliphatic carbocycles. The van der Waals surface area contributed by atoms with Crippen LogP contribution in [-0.4, -0.2) is 74.8 Å². The van der Waals surface area contributed by atoms with Gasteiger partial charge in [0.25, 0.3) is 0 Å². The second-order valence-electron chi connectivity index (χ2n) is 13.8. The van der Waals surface area contributed by atoms with Crippen LogP contribution in [0.5, 0.6) is 11.8 Å². The van der Waals surface area contributed by atoms with Crippen LogP contribution in [-0.2, 0) is 17.1 Å². The smallest absolute Gasteiger partial charge is 0.319 e. The maximum absolute atomic E-state index is 16.9. The molecule has 4 aliphatic heterocycles. The van der Waals surface area contributed by atoms with E-state index < -0.39 is 5.82 Å². The molecule has 0 radical (unpaired) electrons. The molecule has 11 heteroatoms. The molecule has 4 aliphatic rings. The second kappa shape index (κ2) is 11.4. The minimum absolute atomic E-state index is 0.00445. The zero-order chi connectivity index (χ0) is 31.6. The third kappa shape index (κ3) is 4.92. The molecule has 2 N–H and O–H groups in total. The SMILES string of the molecule is CCc1c(F)ccc2cc(O)cc(-c3ncc4c(N5CCCC6(CCS(=N)C6)C5)nc(OCC56CCCN5CCC6)nc4c3F)c12. The molecule has 0 amide bonds. The number of rotatable bonds is 6. The predicted molar refractivity (Wildman–Crippen MR) is 178 cm³/mol. The summed E-state index contributed by atoms with van der Waals surface area (Å²) in [5, 5.41) is 12.3. The van der Waals surface area contributed by atoms with Gasteiger partial charge in [0.05, 0.1) is 10.9 Å². The topological polar surface area (TPSA) is 98.5 Å². The van der Waals surface area contributed by atoms with E-state index in [2.05, 4.69) is 14.8 Å². The van der Waals surface area contributed by atoms with Crippen molar-refractivity contribution in [1.29, 1.82) is 4.78 Å². The number of nitrogens with zero attached hydrogens (tertiary/aromatic N) is 5. The number of ether oxygens (including phenoxy) is 1. The number of phenolic OH excluding ortho intramolecular Hbond substituents is 1. The van der Waals surface area contributed by atoms with Gasteiger partial charge in [-0.05, 0) is 104 Å². The molecular formula is C35H40F2N6O2S. The van der Waals surface area contributed by atoms with Gasteiger partial charge >= 0.3 is 6.01 Å².